The van der Waals surface area contributed by atoms with Crippen LogP contribution in [0.3, 0.4) is 0 Å². The summed E-state index contributed by atoms with van der Waals surface area (Å²) in [5.74, 6) is 1.67. The summed E-state index contributed by atoms with van der Waals surface area (Å²) in [6.07, 6.45) is 1.82. The molecule has 3 nitrogen and oxygen atoms in total. The first-order chi connectivity index (χ1) is 9.72. The molecule has 0 bridgehead atoms. The van der Waals surface area contributed by atoms with Crippen LogP contribution in [0.25, 0.3) is 0 Å². The highest BCUT2D eigenvalue weighted by Gasteiger charge is 1.99. The fourth-order valence-electron chi connectivity index (χ4n) is 1.71. The van der Waals surface area contributed by atoms with E-state index < -0.39 is 0 Å². The van der Waals surface area contributed by atoms with Gasteiger partial charge in [0.15, 0.2) is 0 Å². The summed E-state index contributed by atoms with van der Waals surface area (Å²) in [6, 6.07) is 13.5. The van der Waals surface area contributed by atoms with Crippen molar-refractivity contribution >= 4 is 27.8 Å². The minimum absolute atomic E-state index is 0.669. The van der Waals surface area contributed by atoms with Gasteiger partial charge in [0.1, 0.15) is 11.5 Å². The van der Waals surface area contributed by atoms with E-state index in [4.69, 9.17) is 9.47 Å². The van der Waals surface area contributed by atoms with Gasteiger partial charge in [-0.25, -0.2) is 0 Å². The van der Waals surface area contributed by atoms with Gasteiger partial charge >= 0.3 is 0 Å². The molecule has 20 heavy (non-hydrogen) atoms. The molecule has 0 aromatic heterocycles. The van der Waals surface area contributed by atoms with E-state index in [9.17, 15) is 0 Å². The predicted molar refractivity (Wildman–Crippen MR) is 85.6 cm³/mol. The average Bonchev–Trinajstić information content (AvgIpc) is 2.47. The number of hydrogen-bond donors (Lipinski definition) is 0. The Hall–Kier alpha value is -1.81. The van der Waals surface area contributed by atoms with Crippen molar-refractivity contribution in [2.24, 2.45) is 4.99 Å². The van der Waals surface area contributed by atoms with Gasteiger partial charge in [0.2, 0.25) is 0 Å². The summed E-state index contributed by atoms with van der Waals surface area (Å²) in [6.45, 7) is 2.64. The van der Waals surface area contributed by atoms with E-state index >= 15 is 0 Å². The fourth-order valence-corrected chi connectivity index (χ4v) is 2.27. The number of hydrogen-bond acceptors (Lipinski definition) is 3. The van der Waals surface area contributed by atoms with Crippen molar-refractivity contribution < 1.29 is 9.47 Å². The average molecular weight is 334 g/mol. The zero-order valence-corrected chi connectivity index (χ0v) is 13.1. The highest BCUT2D eigenvalue weighted by atomic mass is 79.9. The first-order valence-corrected chi connectivity index (χ1v) is 7.12. The lowest BCUT2D eigenvalue weighted by atomic mass is 10.2. The normalized spacial score (nSPS) is 10.8. The Kier molecular flexibility index (Phi) is 5.18. The van der Waals surface area contributed by atoms with Gasteiger partial charge in [-0.3, -0.25) is 4.99 Å². The van der Waals surface area contributed by atoms with Crippen molar-refractivity contribution in [1.82, 2.24) is 0 Å². The fraction of sp³-hybridized carbons (Fsp3) is 0.188. The molecule has 2 aromatic carbocycles. The van der Waals surface area contributed by atoms with E-state index in [2.05, 4.69) is 20.9 Å². The molecule has 0 spiro atoms. The summed E-state index contributed by atoms with van der Waals surface area (Å²) in [5, 5.41) is 0. The maximum absolute atomic E-state index is 5.39. The van der Waals surface area contributed by atoms with Crippen LogP contribution in [0.15, 0.2) is 51.9 Å². The number of halogens is 1. The Morgan fingerprint density at radius 2 is 1.90 bits per heavy atom. The zero-order chi connectivity index (χ0) is 14.4. The zero-order valence-electron chi connectivity index (χ0n) is 11.5. The number of benzene rings is 2. The second-order valence-electron chi connectivity index (χ2n) is 4.08. The van der Waals surface area contributed by atoms with Crippen molar-refractivity contribution in [3.05, 3.63) is 52.5 Å². The van der Waals surface area contributed by atoms with Crippen molar-refractivity contribution in [3.8, 4) is 11.5 Å². The van der Waals surface area contributed by atoms with E-state index in [0.717, 1.165) is 27.2 Å². The molecule has 0 fully saturated rings. The summed E-state index contributed by atoms with van der Waals surface area (Å²) in [5.41, 5.74) is 1.90. The Balaban J connectivity index is 2.10. The Morgan fingerprint density at radius 1 is 1.15 bits per heavy atom. The van der Waals surface area contributed by atoms with Crippen LogP contribution in [0.4, 0.5) is 5.69 Å². The van der Waals surface area contributed by atoms with Gasteiger partial charge in [-0.15, -0.1) is 0 Å². The quantitative estimate of drug-likeness (QED) is 0.748. The van der Waals surface area contributed by atoms with Gasteiger partial charge < -0.3 is 9.47 Å². The largest absolute Gasteiger partial charge is 0.496 e. The van der Waals surface area contributed by atoms with Gasteiger partial charge in [0.25, 0.3) is 0 Å². The van der Waals surface area contributed by atoms with Gasteiger partial charge in [0.05, 0.1) is 23.9 Å². The summed E-state index contributed by atoms with van der Waals surface area (Å²) in [4.78, 5) is 4.43. The van der Waals surface area contributed by atoms with Crippen LogP contribution in [-0.4, -0.2) is 19.9 Å². The van der Waals surface area contributed by atoms with Crippen LogP contribution >= 0.6 is 15.9 Å². The molecule has 0 heterocycles. The van der Waals surface area contributed by atoms with E-state index in [1.807, 2.05) is 55.6 Å². The van der Waals surface area contributed by atoms with Crippen LogP contribution in [0, 0.1) is 0 Å². The molecule has 104 valence electrons. The number of nitrogens with zero attached hydrogens (tertiary/aromatic N) is 1. The minimum atomic E-state index is 0.669. The summed E-state index contributed by atoms with van der Waals surface area (Å²) < 4.78 is 11.5. The van der Waals surface area contributed by atoms with Crippen LogP contribution in [0.1, 0.15) is 12.5 Å². The molecule has 0 aliphatic heterocycles. The lowest BCUT2D eigenvalue weighted by molar-refractivity contribution is 0.340. The van der Waals surface area contributed by atoms with Crippen LogP contribution in [0.2, 0.25) is 0 Å². The lowest BCUT2D eigenvalue weighted by Gasteiger charge is -2.03. The van der Waals surface area contributed by atoms with E-state index in [0.29, 0.717) is 6.61 Å². The van der Waals surface area contributed by atoms with Crippen LogP contribution in [-0.2, 0) is 0 Å². The van der Waals surface area contributed by atoms with E-state index in [1.54, 1.807) is 7.11 Å². The minimum Gasteiger partial charge on any atom is -0.496 e. The molecule has 0 aliphatic carbocycles. The SMILES string of the molecule is CCOc1ccc(N=Cc2ccc(OC)c(Br)c2)cc1. The number of rotatable bonds is 5. The Bertz CT molecular complexity index is 594. The molecule has 0 amide bonds. The van der Waals surface area contributed by atoms with Crippen LogP contribution in [0.5, 0.6) is 11.5 Å². The maximum atomic E-state index is 5.39. The molecule has 4 heteroatoms. The second-order valence-corrected chi connectivity index (χ2v) is 4.93. The van der Waals surface area contributed by atoms with E-state index in [1.165, 1.54) is 0 Å². The molecule has 0 radical (unpaired) electrons. The molecular weight excluding hydrogens is 318 g/mol. The standard InChI is InChI=1S/C16H16BrNO2/c1-3-20-14-7-5-13(6-8-14)18-11-12-4-9-16(19-2)15(17)10-12/h4-11H,3H2,1-2H3. The molecule has 0 unspecified atom stereocenters. The predicted octanol–water partition coefficient (Wildman–Crippen LogP) is 4.61. The van der Waals surface area contributed by atoms with Gasteiger partial charge in [0, 0.05) is 6.21 Å². The topological polar surface area (TPSA) is 30.8 Å². The van der Waals surface area contributed by atoms with Crippen molar-refractivity contribution in [2.45, 2.75) is 6.92 Å². The number of methoxy groups -OCH3 is 1. The molecule has 0 N–H and O–H groups in total. The molecule has 0 atom stereocenters. The highest BCUT2D eigenvalue weighted by Crippen LogP contribution is 2.25. The first-order valence-electron chi connectivity index (χ1n) is 6.33. The van der Waals surface area contributed by atoms with Gasteiger partial charge in [-0.2, -0.15) is 0 Å². The van der Waals surface area contributed by atoms with Crippen LogP contribution < -0.4 is 9.47 Å². The van der Waals surface area contributed by atoms with Gasteiger partial charge in [-0.05, 0) is 70.9 Å². The Morgan fingerprint density at radius 3 is 2.50 bits per heavy atom. The van der Waals surface area contributed by atoms with Crippen molar-refractivity contribution in [2.75, 3.05) is 13.7 Å². The number of aliphatic imine (C=N–C) groups is 1. The van der Waals surface area contributed by atoms with Gasteiger partial charge in [-0.1, -0.05) is 0 Å². The monoisotopic (exact) mass is 333 g/mol. The molecule has 0 aliphatic rings. The number of ether oxygens (including phenoxy) is 2. The van der Waals surface area contributed by atoms with E-state index in [-0.39, 0.29) is 0 Å². The van der Waals surface area contributed by atoms with Crippen molar-refractivity contribution in [3.63, 3.8) is 0 Å². The third-order valence-electron chi connectivity index (χ3n) is 2.69. The molecule has 0 saturated heterocycles. The highest BCUT2D eigenvalue weighted by molar-refractivity contribution is 9.10. The summed E-state index contributed by atoms with van der Waals surface area (Å²) in [7, 11) is 1.65. The molecule has 2 aromatic rings. The third-order valence-corrected chi connectivity index (χ3v) is 3.31. The maximum Gasteiger partial charge on any atom is 0.133 e. The Labute approximate surface area is 127 Å². The smallest absolute Gasteiger partial charge is 0.133 e. The molecule has 0 saturated carbocycles. The molecule has 2 rings (SSSR count). The second kappa shape index (κ2) is 7.10. The molecular formula is C16H16BrNO2. The summed E-state index contributed by atoms with van der Waals surface area (Å²) >= 11 is 3.46. The lowest BCUT2D eigenvalue weighted by Crippen LogP contribution is -1.90. The first kappa shape index (κ1) is 14.6. The third kappa shape index (κ3) is 3.84. The van der Waals surface area contributed by atoms with Crippen molar-refractivity contribution in [1.29, 1.82) is 0 Å².